The fourth-order valence-corrected chi connectivity index (χ4v) is 2.04. The van der Waals surface area contributed by atoms with E-state index in [-0.39, 0.29) is 35.7 Å². The zero-order valence-corrected chi connectivity index (χ0v) is 17.4. The molecule has 0 bridgehead atoms. The number of aliphatic imine (C=N–C) groups is 1. The first-order chi connectivity index (χ1) is 12.9. The highest BCUT2D eigenvalue weighted by molar-refractivity contribution is 14.0. The summed E-state index contributed by atoms with van der Waals surface area (Å²) < 4.78 is 50.6. The summed E-state index contributed by atoms with van der Waals surface area (Å²) in [7, 11) is 1.60. The molecule has 2 aromatic carbocycles. The lowest BCUT2D eigenvalue weighted by molar-refractivity contribution is -0.274. The average Bonchev–Trinajstić information content (AvgIpc) is 2.62. The number of alkyl halides is 3. The van der Waals surface area contributed by atoms with Crippen LogP contribution in [0.5, 0.6) is 11.5 Å². The van der Waals surface area contributed by atoms with Gasteiger partial charge in [0.05, 0.1) is 13.2 Å². The van der Waals surface area contributed by atoms with E-state index in [4.69, 9.17) is 15.2 Å². The number of nitrogens with zero attached hydrogens (tertiary/aromatic N) is 1. The van der Waals surface area contributed by atoms with Crippen LogP contribution in [0.15, 0.2) is 53.5 Å². The quantitative estimate of drug-likeness (QED) is 0.241. The van der Waals surface area contributed by atoms with E-state index in [2.05, 4.69) is 15.0 Å². The Hall–Kier alpha value is -2.21. The number of benzene rings is 2. The molecule has 2 rings (SSSR count). The smallest absolute Gasteiger partial charge is 0.491 e. The van der Waals surface area contributed by atoms with Crippen molar-refractivity contribution in [3.05, 3.63) is 54.1 Å². The second-order valence-corrected chi connectivity index (χ2v) is 5.38. The summed E-state index contributed by atoms with van der Waals surface area (Å²) in [4.78, 5) is 4.19. The van der Waals surface area contributed by atoms with Crippen molar-refractivity contribution < 1.29 is 27.4 Å². The van der Waals surface area contributed by atoms with Crippen molar-refractivity contribution >= 4 is 35.6 Å². The maximum atomic E-state index is 12.1. The van der Waals surface area contributed by atoms with E-state index in [1.54, 1.807) is 7.11 Å². The van der Waals surface area contributed by atoms with Gasteiger partial charge in [-0.05, 0) is 42.0 Å². The summed E-state index contributed by atoms with van der Waals surface area (Å²) in [6.07, 6.45) is -4.72. The topological polar surface area (TPSA) is 78.1 Å². The van der Waals surface area contributed by atoms with Crippen LogP contribution < -0.4 is 20.5 Å². The summed E-state index contributed by atoms with van der Waals surface area (Å²) in [6, 6.07) is 12.6. The first kappa shape index (κ1) is 23.8. The number of ether oxygens (including phenoxy) is 3. The Bertz CT molecular complexity index is 738. The molecule has 6 nitrogen and oxygen atoms in total. The number of rotatable bonds is 8. The van der Waals surface area contributed by atoms with Gasteiger partial charge in [0.15, 0.2) is 5.96 Å². The van der Waals surface area contributed by atoms with Crippen LogP contribution in [0.2, 0.25) is 0 Å². The highest BCUT2D eigenvalue weighted by Gasteiger charge is 2.30. The molecule has 0 spiro atoms. The predicted molar refractivity (Wildman–Crippen MR) is 111 cm³/mol. The van der Waals surface area contributed by atoms with E-state index in [1.807, 2.05) is 24.3 Å². The molecule has 0 radical (unpaired) electrons. The van der Waals surface area contributed by atoms with Gasteiger partial charge in [-0.15, -0.1) is 37.1 Å². The summed E-state index contributed by atoms with van der Waals surface area (Å²) in [5, 5.41) is 2.80. The van der Waals surface area contributed by atoms with Crippen molar-refractivity contribution in [2.45, 2.75) is 12.9 Å². The standard InChI is InChI=1S/C18H20F3N3O3.HI/c1-25-10-11-26-15-6-2-13(3-7-15)12-23-17(22)24-14-4-8-16(9-5-14)27-18(19,20)21;/h2-9H,10-12H2,1H3,(H3,22,23,24);1H. The maximum Gasteiger partial charge on any atom is 0.573 e. The highest BCUT2D eigenvalue weighted by Crippen LogP contribution is 2.23. The molecule has 3 N–H and O–H groups in total. The van der Waals surface area contributed by atoms with Crippen molar-refractivity contribution in [1.29, 1.82) is 0 Å². The minimum atomic E-state index is -4.72. The molecule has 0 amide bonds. The molecule has 0 unspecified atom stereocenters. The van der Waals surface area contributed by atoms with E-state index in [0.717, 1.165) is 11.3 Å². The van der Waals surface area contributed by atoms with Gasteiger partial charge in [0.1, 0.15) is 18.1 Å². The van der Waals surface area contributed by atoms with Crippen molar-refractivity contribution in [2.24, 2.45) is 10.7 Å². The van der Waals surface area contributed by atoms with Crippen LogP contribution in [0, 0.1) is 0 Å². The lowest BCUT2D eigenvalue weighted by Crippen LogP contribution is -2.22. The molecule has 0 aliphatic carbocycles. The van der Waals surface area contributed by atoms with Gasteiger partial charge in [-0.3, -0.25) is 0 Å². The molecule has 0 fully saturated rings. The number of hydrogen-bond donors (Lipinski definition) is 2. The third kappa shape index (κ3) is 9.13. The molecule has 28 heavy (non-hydrogen) atoms. The van der Waals surface area contributed by atoms with Crippen LogP contribution in [-0.4, -0.2) is 32.6 Å². The third-order valence-electron chi connectivity index (χ3n) is 3.27. The molecule has 0 atom stereocenters. The molecule has 0 aliphatic heterocycles. The number of nitrogens with two attached hydrogens (primary N) is 1. The number of guanidine groups is 1. The fraction of sp³-hybridized carbons (Fsp3) is 0.278. The van der Waals surface area contributed by atoms with E-state index in [9.17, 15) is 13.2 Å². The molecular weight excluding hydrogens is 490 g/mol. The van der Waals surface area contributed by atoms with Gasteiger partial charge in [-0.25, -0.2) is 4.99 Å². The van der Waals surface area contributed by atoms with E-state index >= 15 is 0 Å². The number of nitrogens with one attached hydrogen (secondary N) is 1. The van der Waals surface area contributed by atoms with Gasteiger partial charge < -0.3 is 25.3 Å². The summed E-state index contributed by atoms with van der Waals surface area (Å²) in [6.45, 7) is 1.32. The monoisotopic (exact) mass is 511 g/mol. The summed E-state index contributed by atoms with van der Waals surface area (Å²) >= 11 is 0. The molecular formula is C18H21F3IN3O3. The Morgan fingerprint density at radius 3 is 2.18 bits per heavy atom. The van der Waals surface area contributed by atoms with Crippen LogP contribution in [-0.2, 0) is 11.3 Å². The van der Waals surface area contributed by atoms with Crippen molar-refractivity contribution in [2.75, 3.05) is 25.6 Å². The minimum Gasteiger partial charge on any atom is -0.491 e. The molecule has 10 heteroatoms. The molecule has 0 heterocycles. The zero-order valence-electron chi connectivity index (χ0n) is 15.0. The summed E-state index contributed by atoms with van der Waals surface area (Å²) in [5.74, 6) is 0.559. The Labute approximate surface area is 177 Å². The number of hydrogen-bond acceptors (Lipinski definition) is 4. The van der Waals surface area contributed by atoms with Crippen LogP contribution in [0.25, 0.3) is 0 Å². The Morgan fingerprint density at radius 2 is 1.61 bits per heavy atom. The maximum absolute atomic E-state index is 12.1. The van der Waals surface area contributed by atoms with Crippen molar-refractivity contribution in [1.82, 2.24) is 0 Å². The summed E-state index contributed by atoms with van der Waals surface area (Å²) in [5.41, 5.74) is 7.21. The Balaban J connectivity index is 0.00000392. The van der Waals surface area contributed by atoms with Crippen molar-refractivity contribution in [3.8, 4) is 11.5 Å². The van der Waals surface area contributed by atoms with Crippen LogP contribution >= 0.6 is 24.0 Å². The highest BCUT2D eigenvalue weighted by atomic mass is 127. The van der Waals surface area contributed by atoms with Gasteiger partial charge in [-0.1, -0.05) is 12.1 Å². The van der Waals surface area contributed by atoms with Gasteiger partial charge in [0.25, 0.3) is 0 Å². The first-order valence-electron chi connectivity index (χ1n) is 7.99. The Morgan fingerprint density at radius 1 is 1.00 bits per heavy atom. The van der Waals surface area contributed by atoms with Crippen LogP contribution in [0.1, 0.15) is 5.56 Å². The van der Waals surface area contributed by atoms with Crippen LogP contribution in [0.4, 0.5) is 18.9 Å². The largest absolute Gasteiger partial charge is 0.573 e. The lowest BCUT2D eigenvalue weighted by Gasteiger charge is -2.10. The number of anilines is 1. The zero-order chi connectivity index (χ0) is 19.7. The normalized spacial score (nSPS) is 11.5. The number of halogens is 4. The minimum absolute atomic E-state index is 0. The predicted octanol–water partition coefficient (Wildman–Crippen LogP) is 4.16. The molecule has 154 valence electrons. The van der Waals surface area contributed by atoms with E-state index in [0.29, 0.717) is 25.4 Å². The fourth-order valence-electron chi connectivity index (χ4n) is 2.04. The second kappa shape index (κ2) is 11.6. The van der Waals surface area contributed by atoms with E-state index in [1.165, 1.54) is 24.3 Å². The first-order valence-corrected chi connectivity index (χ1v) is 7.99. The van der Waals surface area contributed by atoms with Crippen molar-refractivity contribution in [3.63, 3.8) is 0 Å². The van der Waals surface area contributed by atoms with Crippen LogP contribution in [0.3, 0.4) is 0 Å². The molecule has 0 aliphatic rings. The molecule has 0 aromatic heterocycles. The van der Waals surface area contributed by atoms with E-state index < -0.39 is 6.36 Å². The molecule has 0 saturated heterocycles. The lowest BCUT2D eigenvalue weighted by atomic mass is 10.2. The second-order valence-electron chi connectivity index (χ2n) is 5.38. The third-order valence-corrected chi connectivity index (χ3v) is 3.27. The van der Waals surface area contributed by atoms with Gasteiger partial charge in [0.2, 0.25) is 0 Å². The van der Waals surface area contributed by atoms with Gasteiger partial charge in [0, 0.05) is 12.8 Å². The molecule has 0 saturated carbocycles. The SMILES string of the molecule is COCCOc1ccc(CN=C(N)Nc2ccc(OC(F)(F)F)cc2)cc1.I. The van der Waals surface area contributed by atoms with Gasteiger partial charge >= 0.3 is 6.36 Å². The van der Waals surface area contributed by atoms with Gasteiger partial charge in [-0.2, -0.15) is 0 Å². The number of methoxy groups -OCH3 is 1. The molecule has 2 aromatic rings. The Kier molecular flexibility index (Phi) is 9.87. The average molecular weight is 511 g/mol.